The molecule has 0 aliphatic carbocycles. The van der Waals surface area contributed by atoms with Crippen LogP contribution in [-0.2, 0) is 6.18 Å². The molecule has 22 heavy (non-hydrogen) atoms. The van der Waals surface area contributed by atoms with E-state index in [2.05, 4.69) is 0 Å². The molecule has 0 saturated carbocycles. The molecule has 1 aromatic rings. The van der Waals surface area contributed by atoms with Crippen molar-refractivity contribution in [3.63, 3.8) is 0 Å². The van der Waals surface area contributed by atoms with E-state index in [0.717, 1.165) is 25.3 Å². The van der Waals surface area contributed by atoms with Gasteiger partial charge in [0.05, 0.1) is 18.3 Å². The summed E-state index contributed by atoms with van der Waals surface area (Å²) in [5.41, 5.74) is -1.08. The Bertz CT molecular complexity index is 487. The zero-order valence-electron chi connectivity index (χ0n) is 12.8. The lowest BCUT2D eigenvalue weighted by Gasteiger charge is -2.20. The summed E-state index contributed by atoms with van der Waals surface area (Å²) < 4.78 is 44.2. The summed E-state index contributed by atoms with van der Waals surface area (Å²) in [5, 5.41) is 16.7. The topological polar surface area (TPSA) is 53.3 Å². The fraction of sp³-hybridized carbons (Fsp3) is 0.562. The average molecular weight is 317 g/mol. The molecule has 2 unspecified atom stereocenters. The molecule has 0 aliphatic heterocycles. The highest BCUT2D eigenvalue weighted by Crippen LogP contribution is 2.34. The zero-order valence-corrected chi connectivity index (χ0v) is 12.8. The smallest absolute Gasteiger partial charge is 0.417 e. The summed E-state index contributed by atoms with van der Waals surface area (Å²) in [6, 6.07) is 3.53. The van der Waals surface area contributed by atoms with Gasteiger partial charge in [-0.2, -0.15) is 13.2 Å². The zero-order chi connectivity index (χ0) is 16.8. The van der Waals surface area contributed by atoms with Crippen LogP contribution in [0.15, 0.2) is 18.2 Å². The van der Waals surface area contributed by atoms with Crippen molar-refractivity contribution in [1.29, 1.82) is 5.41 Å². The Labute approximate surface area is 128 Å². The lowest BCUT2D eigenvalue weighted by atomic mass is 9.98. The Kier molecular flexibility index (Phi) is 6.87. The van der Waals surface area contributed by atoms with Gasteiger partial charge in [-0.25, -0.2) is 0 Å². The molecule has 0 radical (unpaired) electrons. The van der Waals surface area contributed by atoms with Crippen LogP contribution < -0.4 is 4.74 Å². The monoisotopic (exact) mass is 317 g/mol. The van der Waals surface area contributed by atoms with Gasteiger partial charge in [-0.15, -0.1) is 0 Å². The van der Waals surface area contributed by atoms with Gasteiger partial charge in [0.1, 0.15) is 5.75 Å². The summed E-state index contributed by atoms with van der Waals surface area (Å²) in [4.78, 5) is 0. The van der Waals surface area contributed by atoms with Crippen LogP contribution >= 0.6 is 0 Å². The van der Waals surface area contributed by atoms with E-state index in [-0.39, 0.29) is 23.8 Å². The normalized spacial score (nSPS) is 14.5. The van der Waals surface area contributed by atoms with Crippen molar-refractivity contribution in [3.8, 4) is 5.75 Å². The second-order valence-electron chi connectivity index (χ2n) is 5.35. The second kappa shape index (κ2) is 8.17. The number of ether oxygens (including phenoxy) is 1. The Balaban J connectivity index is 2.83. The maximum absolute atomic E-state index is 12.9. The first kappa shape index (κ1) is 18.5. The predicted molar refractivity (Wildman–Crippen MR) is 79.5 cm³/mol. The van der Waals surface area contributed by atoms with E-state index in [9.17, 15) is 18.3 Å². The van der Waals surface area contributed by atoms with E-state index in [1.54, 1.807) is 6.92 Å². The van der Waals surface area contributed by atoms with Crippen molar-refractivity contribution in [2.24, 2.45) is 5.92 Å². The van der Waals surface area contributed by atoms with Gasteiger partial charge in [-0.1, -0.05) is 19.8 Å². The molecule has 0 fully saturated rings. The molecule has 0 amide bonds. The first-order valence-electron chi connectivity index (χ1n) is 7.32. The minimum absolute atomic E-state index is 0.0973. The van der Waals surface area contributed by atoms with Gasteiger partial charge >= 0.3 is 6.18 Å². The molecule has 2 atom stereocenters. The maximum Gasteiger partial charge on any atom is 0.417 e. The highest BCUT2D eigenvalue weighted by atomic mass is 19.4. The number of aliphatic hydroxyl groups is 1. The number of halogens is 3. The van der Waals surface area contributed by atoms with Crippen molar-refractivity contribution in [3.05, 3.63) is 29.3 Å². The summed E-state index contributed by atoms with van der Waals surface area (Å²) in [6.45, 7) is 3.85. The Morgan fingerprint density at radius 1 is 1.36 bits per heavy atom. The van der Waals surface area contributed by atoms with Crippen LogP contribution in [0, 0.1) is 11.3 Å². The number of rotatable bonds is 8. The van der Waals surface area contributed by atoms with E-state index < -0.39 is 17.8 Å². The quantitative estimate of drug-likeness (QED) is 0.704. The van der Waals surface area contributed by atoms with Crippen LogP contribution in [0.3, 0.4) is 0 Å². The number of nitrogens with one attached hydrogen (secondary N) is 1. The van der Waals surface area contributed by atoms with Gasteiger partial charge in [0, 0.05) is 17.7 Å². The summed E-state index contributed by atoms with van der Waals surface area (Å²) in [7, 11) is 0. The summed E-state index contributed by atoms with van der Waals surface area (Å²) in [6.07, 6.45) is -1.76. The van der Waals surface area contributed by atoms with Crippen LogP contribution in [0.25, 0.3) is 0 Å². The molecule has 1 aromatic carbocycles. The van der Waals surface area contributed by atoms with Gasteiger partial charge in [0.15, 0.2) is 0 Å². The molecule has 0 aromatic heterocycles. The number of aliphatic hydroxyl groups excluding tert-OH is 1. The van der Waals surface area contributed by atoms with Crippen LogP contribution in [0.1, 0.15) is 44.2 Å². The summed E-state index contributed by atoms with van der Waals surface area (Å²) in [5.74, 6) is -0.0169. The molecular formula is C16H22F3NO2. The van der Waals surface area contributed by atoms with E-state index in [1.807, 2.05) is 6.92 Å². The minimum Gasteiger partial charge on any atom is -0.493 e. The first-order chi connectivity index (χ1) is 10.3. The van der Waals surface area contributed by atoms with Crippen LogP contribution in [0.2, 0.25) is 0 Å². The SMILES string of the molecule is CCCCC(COc1ccc(C=N)c(C(F)(F)F)c1)C(C)O. The third-order valence-corrected chi connectivity index (χ3v) is 3.56. The molecule has 0 heterocycles. The van der Waals surface area contributed by atoms with E-state index in [0.29, 0.717) is 6.21 Å². The van der Waals surface area contributed by atoms with E-state index in [1.165, 1.54) is 12.1 Å². The lowest BCUT2D eigenvalue weighted by molar-refractivity contribution is -0.137. The fourth-order valence-corrected chi connectivity index (χ4v) is 2.13. The fourth-order valence-electron chi connectivity index (χ4n) is 2.13. The molecule has 3 nitrogen and oxygen atoms in total. The maximum atomic E-state index is 12.9. The number of hydrogen-bond donors (Lipinski definition) is 2. The number of alkyl halides is 3. The van der Waals surface area contributed by atoms with Crippen molar-refractivity contribution in [2.45, 2.75) is 45.4 Å². The van der Waals surface area contributed by atoms with Crippen LogP contribution in [0.4, 0.5) is 13.2 Å². The Morgan fingerprint density at radius 3 is 2.55 bits per heavy atom. The van der Waals surface area contributed by atoms with Crippen molar-refractivity contribution >= 4 is 6.21 Å². The third kappa shape index (κ3) is 5.33. The molecule has 2 N–H and O–H groups in total. The molecular weight excluding hydrogens is 295 g/mol. The standard InChI is InChI=1S/C16H22F3NO2/c1-3-4-5-13(11(2)21)10-22-14-7-6-12(9-20)15(8-14)16(17,18)19/h6-9,11,13,20-21H,3-5,10H2,1-2H3. The highest BCUT2D eigenvalue weighted by molar-refractivity contribution is 5.80. The molecule has 124 valence electrons. The number of hydrogen-bond acceptors (Lipinski definition) is 3. The van der Waals surface area contributed by atoms with Gasteiger partial charge < -0.3 is 15.3 Å². The third-order valence-electron chi connectivity index (χ3n) is 3.56. The Morgan fingerprint density at radius 2 is 2.05 bits per heavy atom. The van der Waals surface area contributed by atoms with Crippen molar-refractivity contribution in [2.75, 3.05) is 6.61 Å². The molecule has 0 aliphatic rings. The van der Waals surface area contributed by atoms with Gasteiger partial charge in [0.25, 0.3) is 0 Å². The van der Waals surface area contributed by atoms with E-state index >= 15 is 0 Å². The average Bonchev–Trinajstić information content (AvgIpc) is 2.45. The van der Waals surface area contributed by atoms with Crippen LogP contribution in [-0.4, -0.2) is 24.0 Å². The molecule has 0 saturated heterocycles. The largest absolute Gasteiger partial charge is 0.493 e. The lowest BCUT2D eigenvalue weighted by Crippen LogP contribution is -2.24. The van der Waals surface area contributed by atoms with Crippen LogP contribution in [0.5, 0.6) is 5.75 Å². The van der Waals surface area contributed by atoms with Gasteiger partial charge in [-0.3, -0.25) is 0 Å². The van der Waals surface area contributed by atoms with Gasteiger partial charge in [-0.05, 0) is 31.5 Å². The number of benzene rings is 1. The summed E-state index contributed by atoms with van der Waals surface area (Å²) >= 11 is 0. The predicted octanol–water partition coefficient (Wildman–Crippen LogP) is 4.27. The second-order valence-corrected chi connectivity index (χ2v) is 5.35. The van der Waals surface area contributed by atoms with Crippen molar-refractivity contribution < 1.29 is 23.0 Å². The minimum atomic E-state index is -4.53. The Hall–Kier alpha value is -1.56. The highest BCUT2D eigenvalue weighted by Gasteiger charge is 2.33. The molecule has 0 spiro atoms. The van der Waals surface area contributed by atoms with Crippen molar-refractivity contribution in [1.82, 2.24) is 0 Å². The number of unbranched alkanes of at least 4 members (excludes halogenated alkanes) is 1. The molecule has 0 bridgehead atoms. The van der Waals surface area contributed by atoms with E-state index in [4.69, 9.17) is 10.1 Å². The van der Waals surface area contributed by atoms with Gasteiger partial charge in [0.2, 0.25) is 0 Å². The molecule has 1 rings (SSSR count). The first-order valence-corrected chi connectivity index (χ1v) is 7.32. The molecule has 6 heteroatoms.